The van der Waals surface area contributed by atoms with Gasteiger partial charge in [-0.05, 0) is 0 Å². The molecule has 1 heteroatoms. The molecule has 3 saturated carbocycles. The first-order chi connectivity index (χ1) is 4.95. The molecular weight excluding hydrogens is 230 g/mol. The second-order valence-corrected chi connectivity index (χ2v) is 12.9. The summed E-state index contributed by atoms with van der Waals surface area (Å²) in [7, 11) is 0. The van der Waals surface area contributed by atoms with Gasteiger partial charge in [0, 0.05) is 0 Å². The molecule has 0 unspecified atom stereocenters. The van der Waals surface area contributed by atoms with E-state index in [-0.39, 0.29) is 0 Å². The molecule has 0 N–H and O–H groups in total. The van der Waals surface area contributed by atoms with Gasteiger partial charge >= 0.3 is 70.3 Å². The summed E-state index contributed by atoms with van der Waals surface area (Å²) in [6.07, 6.45) is 9.98. The predicted octanol–water partition coefficient (Wildman–Crippen LogP) is 2.97. The Hall–Kier alpha value is 0.818. The Balaban J connectivity index is 1.69. The van der Waals surface area contributed by atoms with Gasteiger partial charge in [0.2, 0.25) is 0 Å². The Kier molecular flexibility index (Phi) is 1.37. The zero-order valence-corrected chi connectivity index (χ0v) is 8.97. The van der Waals surface area contributed by atoms with E-state index in [1.165, 1.54) is 11.6 Å². The molecule has 0 radical (unpaired) electrons. The van der Waals surface area contributed by atoms with Gasteiger partial charge in [-0.1, -0.05) is 0 Å². The average molecular weight is 245 g/mol. The molecular formula is C9H15Sb. The van der Waals surface area contributed by atoms with Gasteiger partial charge in [0.1, 0.15) is 0 Å². The van der Waals surface area contributed by atoms with Gasteiger partial charge in [-0.15, -0.1) is 0 Å². The van der Waals surface area contributed by atoms with Crippen LogP contribution in [0.1, 0.15) is 38.5 Å². The fourth-order valence-electron chi connectivity index (χ4n) is 2.01. The minimum absolute atomic E-state index is 0.550. The van der Waals surface area contributed by atoms with Gasteiger partial charge in [-0.25, -0.2) is 0 Å². The van der Waals surface area contributed by atoms with Crippen LogP contribution in [-0.2, 0) is 0 Å². The zero-order valence-electron chi connectivity index (χ0n) is 6.42. The van der Waals surface area contributed by atoms with E-state index in [0.717, 1.165) is 0 Å². The SMILES string of the molecule is C1C[CH]1[Sb]([CH]1CC1)[CH]1CC1. The third-order valence-corrected chi connectivity index (χ3v) is 14.5. The van der Waals surface area contributed by atoms with E-state index in [1.807, 2.05) is 0 Å². The van der Waals surface area contributed by atoms with Crippen molar-refractivity contribution in [1.29, 1.82) is 0 Å². The molecule has 3 aliphatic carbocycles. The molecule has 0 saturated heterocycles. The van der Waals surface area contributed by atoms with Crippen molar-refractivity contribution in [1.82, 2.24) is 0 Å². The molecule has 0 amide bonds. The van der Waals surface area contributed by atoms with Gasteiger partial charge in [0.25, 0.3) is 0 Å². The Morgan fingerprint density at radius 2 is 0.900 bits per heavy atom. The summed E-state index contributed by atoms with van der Waals surface area (Å²) >= 11 is -0.550. The number of hydrogen-bond donors (Lipinski definition) is 0. The van der Waals surface area contributed by atoms with Gasteiger partial charge < -0.3 is 0 Å². The Morgan fingerprint density at radius 3 is 1.10 bits per heavy atom. The van der Waals surface area contributed by atoms with Crippen LogP contribution in [0.4, 0.5) is 0 Å². The molecule has 0 aromatic carbocycles. The molecule has 0 aliphatic heterocycles. The summed E-state index contributed by atoms with van der Waals surface area (Å²) in [5.74, 6) is 0. The molecule has 0 nitrogen and oxygen atoms in total. The first-order valence-electron chi connectivity index (χ1n) is 4.72. The first-order valence-corrected chi connectivity index (χ1v) is 9.15. The number of rotatable bonds is 3. The maximum absolute atomic E-state index is 1.66. The van der Waals surface area contributed by atoms with Gasteiger partial charge in [-0.2, -0.15) is 0 Å². The molecule has 3 fully saturated rings. The molecule has 0 bridgehead atoms. The van der Waals surface area contributed by atoms with Crippen molar-refractivity contribution >= 4 is 20.2 Å². The monoisotopic (exact) mass is 244 g/mol. The van der Waals surface area contributed by atoms with Crippen molar-refractivity contribution in [2.75, 3.05) is 0 Å². The van der Waals surface area contributed by atoms with Crippen LogP contribution in [0.2, 0.25) is 11.6 Å². The van der Waals surface area contributed by atoms with Gasteiger partial charge in [0.05, 0.1) is 0 Å². The Labute approximate surface area is 70.3 Å². The summed E-state index contributed by atoms with van der Waals surface area (Å²) in [6.45, 7) is 0. The summed E-state index contributed by atoms with van der Waals surface area (Å²) in [6, 6.07) is 0. The first kappa shape index (κ1) is 6.35. The van der Waals surface area contributed by atoms with Gasteiger partial charge in [0.15, 0.2) is 0 Å². The second kappa shape index (κ2) is 2.16. The molecule has 3 aliphatic rings. The zero-order chi connectivity index (χ0) is 6.55. The van der Waals surface area contributed by atoms with Crippen molar-refractivity contribution in [2.45, 2.75) is 50.1 Å². The average Bonchev–Trinajstić information content (AvgIpc) is 2.78. The second-order valence-electron chi connectivity index (χ2n) is 4.14. The molecule has 0 spiro atoms. The van der Waals surface area contributed by atoms with Crippen molar-refractivity contribution in [3.8, 4) is 0 Å². The minimum atomic E-state index is -0.550. The predicted molar refractivity (Wildman–Crippen MR) is 44.7 cm³/mol. The van der Waals surface area contributed by atoms with Crippen molar-refractivity contribution in [3.63, 3.8) is 0 Å². The summed E-state index contributed by atoms with van der Waals surface area (Å²) in [5, 5.41) is 0. The molecule has 0 aromatic rings. The van der Waals surface area contributed by atoms with Crippen molar-refractivity contribution in [3.05, 3.63) is 0 Å². The van der Waals surface area contributed by atoms with Crippen molar-refractivity contribution < 1.29 is 0 Å². The molecule has 0 heterocycles. The van der Waals surface area contributed by atoms with Crippen LogP contribution in [0.25, 0.3) is 0 Å². The van der Waals surface area contributed by atoms with E-state index < -0.39 is 20.2 Å². The molecule has 0 atom stereocenters. The van der Waals surface area contributed by atoms with Crippen LogP contribution < -0.4 is 0 Å². The molecule has 10 heavy (non-hydrogen) atoms. The van der Waals surface area contributed by atoms with E-state index in [2.05, 4.69) is 0 Å². The van der Waals surface area contributed by atoms with E-state index in [9.17, 15) is 0 Å². The van der Waals surface area contributed by atoms with Gasteiger partial charge in [-0.3, -0.25) is 0 Å². The van der Waals surface area contributed by atoms with Crippen LogP contribution in [0.3, 0.4) is 0 Å². The molecule has 0 aromatic heterocycles. The van der Waals surface area contributed by atoms with E-state index in [4.69, 9.17) is 0 Å². The van der Waals surface area contributed by atoms with Crippen LogP contribution in [0, 0.1) is 0 Å². The topological polar surface area (TPSA) is 0 Å². The Bertz CT molecular complexity index is 114. The third-order valence-electron chi connectivity index (χ3n) is 2.91. The summed E-state index contributed by atoms with van der Waals surface area (Å²) < 4.78 is 4.18. The maximum atomic E-state index is 1.66. The quantitative estimate of drug-likeness (QED) is 0.670. The Morgan fingerprint density at radius 1 is 0.600 bits per heavy atom. The van der Waals surface area contributed by atoms with E-state index in [1.54, 1.807) is 38.5 Å². The summed E-state index contributed by atoms with van der Waals surface area (Å²) in [5.41, 5.74) is 0. The van der Waals surface area contributed by atoms with Crippen molar-refractivity contribution in [2.24, 2.45) is 0 Å². The van der Waals surface area contributed by atoms with Crippen LogP contribution >= 0.6 is 0 Å². The number of hydrogen-bond acceptors (Lipinski definition) is 0. The van der Waals surface area contributed by atoms with Crippen LogP contribution in [-0.4, -0.2) is 20.2 Å². The van der Waals surface area contributed by atoms with E-state index >= 15 is 0 Å². The summed E-state index contributed by atoms with van der Waals surface area (Å²) in [4.78, 5) is 0. The van der Waals surface area contributed by atoms with Crippen LogP contribution in [0.5, 0.6) is 0 Å². The molecule has 56 valence electrons. The normalized spacial score (nSPS) is 33.3. The third kappa shape index (κ3) is 1.13. The standard InChI is InChI=1S/3C3H5.Sb/c3*1-2-3-1;/h3*1H,2-3H2;. The van der Waals surface area contributed by atoms with Crippen LogP contribution in [0.15, 0.2) is 0 Å². The fourth-order valence-corrected chi connectivity index (χ4v) is 13.5. The fraction of sp³-hybridized carbons (Fsp3) is 1.00. The molecule has 3 rings (SSSR count). The van der Waals surface area contributed by atoms with E-state index in [0.29, 0.717) is 0 Å².